The lowest BCUT2D eigenvalue weighted by Gasteiger charge is -2.16. The van der Waals surface area contributed by atoms with Crippen molar-refractivity contribution in [3.63, 3.8) is 0 Å². The third kappa shape index (κ3) is 6.56. The van der Waals surface area contributed by atoms with Crippen LogP contribution in [-0.4, -0.2) is 24.5 Å². The summed E-state index contributed by atoms with van der Waals surface area (Å²) in [4.78, 5) is 8.73. The largest absolute Gasteiger partial charge is 0.356 e. The maximum absolute atomic E-state index is 4.48. The van der Waals surface area contributed by atoms with Gasteiger partial charge in [0.1, 0.15) is 0 Å². The molecule has 5 heteroatoms. The molecule has 23 heavy (non-hydrogen) atoms. The molecular weight excluding hydrogens is 399 g/mol. The zero-order chi connectivity index (χ0) is 15.8. The summed E-state index contributed by atoms with van der Waals surface area (Å²) >= 11 is 0. The van der Waals surface area contributed by atoms with E-state index < -0.39 is 0 Å². The molecule has 1 aromatic heterocycles. The Labute approximate surface area is 155 Å². The molecule has 1 atom stereocenters. The van der Waals surface area contributed by atoms with Crippen molar-refractivity contribution in [2.75, 3.05) is 13.6 Å². The highest BCUT2D eigenvalue weighted by molar-refractivity contribution is 14.0. The molecule has 1 aromatic carbocycles. The molecule has 0 aliphatic carbocycles. The molecule has 0 amide bonds. The zero-order valence-corrected chi connectivity index (χ0v) is 16.2. The van der Waals surface area contributed by atoms with Crippen LogP contribution in [0.1, 0.15) is 29.8 Å². The first kappa shape index (κ1) is 19.4. The maximum Gasteiger partial charge on any atom is 0.191 e. The van der Waals surface area contributed by atoms with Crippen LogP contribution in [0.3, 0.4) is 0 Å². The molecule has 0 radical (unpaired) electrons. The highest BCUT2D eigenvalue weighted by Gasteiger charge is 2.06. The lowest BCUT2D eigenvalue weighted by atomic mass is 10.0. The number of guanidine groups is 1. The molecule has 0 aliphatic heterocycles. The van der Waals surface area contributed by atoms with Crippen LogP contribution < -0.4 is 10.6 Å². The first-order chi connectivity index (χ1) is 10.7. The van der Waals surface area contributed by atoms with Crippen LogP contribution in [0.25, 0.3) is 0 Å². The van der Waals surface area contributed by atoms with Crippen molar-refractivity contribution in [3.8, 4) is 0 Å². The number of halogens is 1. The van der Waals surface area contributed by atoms with E-state index in [0.717, 1.165) is 23.9 Å². The number of nitrogens with one attached hydrogen (secondary N) is 2. The Morgan fingerprint density at radius 2 is 1.83 bits per heavy atom. The van der Waals surface area contributed by atoms with Crippen LogP contribution in [0.15, 0.2) is 53.5 Å². The number of hydrogen-bond donors (Lipinski definition) is 2. The third-order valence-corrected chi connectivity index (χ3v) is 3.55. The van der Waals surface area contributed by atoms with Gasteiger partial charge in [0, 0.05) is 19.3 Å². The van der Waals surface area contributed by atoms with E-state index in [1.54, 1.807) is 7.05 Å². The molecule has 4 nitrogen and oxygen atoms in total. The summed E-state index contributed by atoms with van der Waals surface area (Å²) in [5.41, 5.74) is 3.37. The third-order valence-electron chi connectivity index (χ3n) is 3.55. The van der Waals surface area contributed by atoms with Crippen LogP contribution in [0, 0.1) is 6.92 Å². The summed E-state index contributed by atoms with van der Waals surface area (Å²) in [5.74, 6) is 1.22. The van der Waals surface area contributed by atoms with Gasteiger partial charge in [-0.15, -0.1) is 24.0 Å². The van der Waals surface area contributed by atoms with Crippen molar-refractivity contribution in [3.05, 3.63) is 65.5 Å². The van der Waals surface area contributed by atoms with Gasteiger partial charge in [0.25, 0.3) is 0 Å². The minimum Gasteiger partial charge on any atom is -0.356 e. The van der Waals surface area contributed by atoms with Crippen LogP contribution in [0.5, 0.6) is 0 Å². The van der Waals surface area contributed by atoms with Crippen molar-refractivity contribution in [1.82, 2.24) is 15.6 Å². The van der Waals surface area contributed by atoms with Gasteiger partial charge < -0.3 is 10.6 Å². The average molecular weight is 424 g/mol. The van der Waals surface area contributed by atoms with E-state index in [1.807, 2.05) is 31.2 Å². The predicted molar refractivity (Wildman–Crippen MR) is 107 cm³/mol. The van der Waals surface area contributed by atoms with Crippen molar-refractivity contribution in [2.45, 2.75) is 26.3 Å². The summed E-state index contributed by atoms with van der Waals surface area (Å²) in [7, 11) is 1.78. The lowest BCUT2D eigenvalue weighted by Crippen LogP contribution is -2.38. The first-order valence-electron chi connectivity index (χ1n) is 7.61. The Morgan fingerprint density at radius 3 is 2.48 bits per heavy atom. The summed E-state index contributed by atoms with van der Waals surface area (Å²) in [6, 6.07) is 16.5. The molecular formula is C18H25IN4. The van der Waals surface area contributed by atoms with E-state index in [1.165, 1.54) is 5.56 Å². The second-order valence-electron chi connectivity index (χ2n) is 5.39. The monoisotopic (exact) mass is 424 g/mol. The highest BCUT2D eigenvalue weighted by Crippen LogP contribution is 2.12. The van der Waals surface area contributed by atoms with Crippen LogP contribution in [0.4, 0.5) is 0 Å². The standard InChI is InChI=1S/C18H24N4.HI/c1-14(16-9-5-4-6-10-16)12-20-18(19-3)21-13-17-11-7-8-15(2)22-17;/h4-11,14H,12-13H2,1-3H3,(H2,19,20,21);1H. The normalized spacial score (nSPS) is 12.2. The summed E-state index contributed by atoms with van der Waals surface area (Å²) in [6.45, 7) is 5.71. The Hall–Kier alpha value is -1.63. The van der Waals surface area contributed by atoms with E-state index in [2.05, 4.69) is 51.8 Å². The number of pyridine rings is 1. The van der Waals surface area contributed by atoms with E-state index in [9.17, 15) is 0 Å². The van der Waals surface area contributed by atoms with Gasteiger partial charge in [0.15, 0.2) is 5.96 Å². The predicted octanol–water partition coefficient (Wildman–Crippen LogP) is 3.48. The number of aliphatic imine (C=N–C) groups is 1. The van der Waals surface area contributed by atoms with Gasteiger partial charge in [-0.2, -0.15) is 0 Å². The number of hydrogen-bond acceptors (Lipinski definition) is 2. The Bertz CT molecular complexity index is 613. The molecule has 0 saturated heterocycles. The fraction of sp³-hybridized carbons (Fsp3) is 0.333. The van der Waals surface area contributed by atoms with Gasteiger partial charge in [-0.25, -0.2) is 0 Å². The molecule has 0 aliphatic rings. The lowest BCUT2D eigenvalue weighted by molar-refractivity contribution is 0.696. The van der Waals surface area contributed by atoms with Crippen molar-refractivity contribution < 1.29 is 0 Å². The highest BCUT2D eigenvalue weighted by atomic mass is 127. The summed E-state index contributed by atoms with van der Waals surface area (Å²) < 4.78 is 0. The smallest absolute Gasteiger partial charge is 0.191 e. The van der Waals surface area contributed by atoms with Gasteiger partial charge in [-0.1, -0.05) is 43.3 Å². The molecule has 2 N–H and O–H groups in total. The van der Waals surface area contributed by atoms with Crippen LogP contribution >= 0.6 is 24.0 Å². The topological polar surface area (TPSA) is 49.3 Å². The molecule has 1 unspecified atom stereocenters. The van der Waals surface area contributed by atoms with Gasteiger partial charge >= 0.3 is 0 Å². The minimum absolute atomic E-state index is 0. The molecule has 0 fully saturated rings. The first-order valence-corrected chi connectivity index (χ1v) is 7.61. The summed E-state index contributed by atoms with van der Waals surface area (Å²) in [6.07, 6.45) is 0. The number of aromatic nitrogens is 1. The minimum atomic E-state index is 0. The average Bonchev–Trinajstić information content (AvgIpc) is 2.55. The van der Waals surface area contributed by atoms with E-state index in [4.69, 9.17) is 0 Å². The number of nitrogens with zero attached hydrogens (tertiary/aromatic N) is 2. The fourth-order valence-electron chi connectivity index (χ4n) is 2.24. The number of benzene rings is 1. The fourth-order valence-corrected chi connectivity index (χ4v) is 2.24. The SMILES string of the molecule is CN=C(NCc1cccc(C)n1)NCC(C)c1ccccc1.I. The number of aryl methyl sites for hydroxylation is 1. The Balaban J connectivity index is 0.00000264. The van der Waals surface area contributed by atoms with Crippen LogP contribution in [0.2, 0.25) is 0 Å². The second-order valence-corrected chi connectivity index (χ2v) is 5.39. The van der Waals surface area contributed by atoms with Gasteiger partial charge in [-0.05, 0) is 30.5 Å². The van der Waals surface area contributed by atoms with Crippen molar-refractivity contribution in [1.29, 1.82) is 0 Å². The second kappa shape index (κ2) is 10.2. The maximum atomic E-state index is 4.48. The summed E-state index contributed by atoms with van der Waals surface area (Å²) in [5, 5.41) is 6.66. The Kier molecular flexibility index (Phi) is 8.61. The molecule has 0 bridgehead atoms. The molecule has 1 heterocycles. The van der Waals surface area contributed by atoms with Gasteiger partial charge in [0.05, 0.1) is 12.2 Å². The zero-order valence-electron chi connectivity index (χ0n) is 13.9. The van der Waals surface area contributed by atoms with E-state index in [-0.39, 0.29) is 24.0 Å². The number of rotatable bonds is 5. The van der Waals surface area contributed by atoms with Crippen molar-refractivity contribution in [2.24, 2.45) is 4.99 Å². The van der Waals surface area contributed by atoms with Gasteiger partial charge in [0.2, 0.25) is 0 Å². The van der Waals surface area contributed by atoms with E-state index >= 15 is 0 Å². The molecule has 0 saturated carbocycles. The van der Waals surface area contributed by atoms with Crippen LogP contribution in [-0.2, 0) is 6.54 Å². The van der Waals surface area contributed by atoms with Gasteiger partial charge in [-0.3, -0.25) is 9.98 Å². The molecule has 0 spiro atoms. The van der Waals surface area contributed by atoms with Crippen molar-refractivity contribution >= 4 is 29.9 Å². The molecule has 2 aromatic rings. The molecule has 124 valence electrons. The Morgan fingerprint density at radius 1 is 1.09 bits per heavy atom. The molecule has 2 rings (SSSR count). The quantitative estimate of drug-likeness (QED) is 0.439. The van der Waals surface area contributed by atoms with E-state index in [0.29, 0.717) is 12.5 Å².